The number of ether oxygens (including phenoxy) is 1. The van der Waals surface area contributed by atoms with Gasteiger partial charge in [-0.05, 0) is 54.9 Å². The van der Waals surface area contributed by atoms with Gasteiger partial charge in [0.05, 0.1) is 11.5 Å². The van der Waals surface area contributed by atoms with E-state index in [4.69, 9.17) is 4.74 Å². The summed E-state index contributed by atoms with van der Waals surface area (Å²) >= 11 is 0. The van der Waals surface area contributed by atoms with E-state index in [1.54, 1.807) is 13.8 Å². The summed E-state index contributed by atoms with van der Waals surface area (Å²) in [6.45, 7) is 3.54. The van der Waals surface area contributed by atoms with Gasteiger partial charge in [0.1, 0.15) is 6.61 Å². The van der Waals surface area contributed by atoms with Crippen molar-refractivity contribution in [2.24, 2.45) is 11.3 Å². The first kappa shape index (κ1) is 18.5. The maximum Gasteiger partial charge on any atom is 0.407 e. The maximum atomic E-state index is 12.5. The van der Waals surface area contributed by atoms with Crippen molar-refractivity contribution in [3.63, 3.8) is 0 Å². The molecule has 0 aliphatic heterocycles. The smallest absolute Gasteiger partial charge is 0.407 e. The van der Waals surface area contributed by atoms with E-state index in [-0.39, 0.29) is 18.4 Å². The molecule has 0 aromatic heterocycles. The van der Waals surface area contributed by atoms with Crippen LogP contribution in [0.2, 0.25) is 0 Å². The van der Waals surface area contributed by atoms with Crippen molar-refractivity contribution in [1.29, 1.82) is 0 Å². The molecule has 0 spiro atoms. The van der Waals surface area contributed by atoms with Crippen LogP contribution in [0.4, 0.5) is 4.79 Å². The SMILES string of the molecule is CC(C)(C(=O)O)[C@@H](NC(=O)OCC1c2ccccc2-c2ccccc21)C1CC1. The monoisotopic (exact) mass is 379 g/mol. The minimum Gasteiger partial charge on any atom is -0.481 e. The lowest BCUT2D eigenvalue weighted by Gasteiger charge is -2.31. The predicted molar refractivity (Wildman–Crippen MR) is 106 cm³/mol. The Bertz CT molecular complexity index is 871. The zero-order valence-corrected chi connectivity index (χ0v) is 16.1. The average Bonchev–Trinajstić information content (AvgIpc) is 3.47. The van der Waals surface area contributed by atoms with Crippen LogP contribution in [0.1, 0.15) is 43.7 Å². The molecule has 2 aliphatic carbocycles. The summed E-state index contributed by atoms with van der Waals surface area (Å²) < 4.78 is 5.58. The Morgan fingerprint density at radius 3 is 2.11 bits per heavy atom. The molecule has 2 aromatic carbocycles. The van der Waals surface area contributed by atoms with E-state index in [1.165, 1.54) is 11.1 Å². The van der Waals surface area contributed by atoms with Crippen molar-refractivity contribution in [2.45, 2.75) is 38.6 Å². The molecule has 2 N–H and O–H groups in total. The number of carboxylic acid groups (broad SMARTS) is 1. The van der Waals surface area contributed by atoms with Crippen molar-refractivity contribution in [2.75, 3.05) is 6.61 Å². The molecule has 2 aromatic rings. The second-order valence-electron chi connectivity index (χ2n) is 8.31. The first-order valence-electron chi connectivity index (χ1n) is 9.74. The minimum absolute atomic E-state index is 0.00925. The van der Waals surface area contributed by atoms with E-state index in [2.05, 4.69) is 29.6 Å². The third-order valence-electron chi connectivity index (χ3n) is 6.04. The van der Waals surface area contributed by atoms with Crippen LogP contribution in [0.25, 0.3) is 11.1 Å². The first-order valence-corrected chi connectivity index (χ1v) is 9.74. The van der Waals surface area contributed by atoms with Crippen molar-refractivity contribution in [1.82, 2.24) is 5.32 Å². The van der Waals surface area contributed by atoms with Gasteiger partial charge in [-0.1, -0.05) is 48.5 Å². The maximum absolute atomic E-state index is 12.5. The molecule has 28 heavy (non-hydrogen) atoms. The number of rotatable bonds is 6. The molecule has 4 rings (SSSR count). The van der Waals surface area contributed by atoms with Gasteiger partial charge in [-0.15, -0.1) is 0 Å². The van der Waals surface area contributed by atoms with Gasteiger partial charge in [-0.2, -0.15) is 0 Å². The van der Waals surface area contributed by atoms with E-state index < -0.39 is 23.5 Å². The van der Waals surface area contributed by atoms with Crippen molar-refractivity contribution in [3.05, 3.63) is 59.7 Å². The Morgan fingerprint density at radius 1 is 1.07 bits per heavy atom. The van der Waals surface area contributed by atoms with Crippen LogP contribution in [0.3, 0.4) is 0 Å². The molecule has 0 radical (unpaired) electrons. The summed E-state index contributed by atoms with van der Waals surface area (Å²) in [5, 5.41) is 12.4. The zero-order valence-electron chi connectivity index (χ0n) is 16.1. The quantitative estimate of drug-likeness (QED) is 0.779. The van der Waals surface area contributed by atoms with Crippen molar-refractivity contribution < 1.29 is 19.4 Å². The number of hydrogen-bond donors (Lipinski definition) is 2. The third kappa shape index (κ3) is 3.26. The van der Waals surface area contributed by atoms with Gasteiger partial charge in [0.25, 0.3) is 0 Å². The molecule has 1 amide bonds. The summed E-state index contributed by atoms with van der Waals surface area (Å²) in [5.41, 5.74) is 3.62. The van der Waals surface area contributed by atoms with Gasteiger partial charge < -0.3 is 15.2 Å². The molecular weight excluding hydrogens is 354 g/mol. The highest BCUT2D eigenvalue weighted by Gasteiger charge is 2.46. The number of nitrogens with one attached hydrogen (secondary N) is 1. The molecule has 0 heterocycles. The van der Waals surface area contributed by atoms with Gasteiger partial charge >= 0.3 is 12.1 Å². The van der Waals surface area contributed by atoms with Gasteiger partial charge in [0.15, 0.2) is 0 Å². The second kappa shape index (κ2) is 6.97. The van der Waals surface area contributed by atoms with Crippen LogP contribution in [-0.2, 0) is 9.53 Å². The molecule has 5 nitrogen and oxygen atoms in total. The van der Waals surface area contributed by atoms with Gasteiger partial charge in [0.2, 0.25) is 0 Å². The number of amides is 1. The normalized spacial score (nSPS) is 16.8. The van der Waals surface area contributed by atoms with Crippen LogP contribution >= 0.6 is 0 Å². The van der Waals surface area contributed by atoms with E-state index >= 15 is 0 Å². The number of hydrogen-bond acceptors (Lipinski definition) is 3. The molecule has 1 saturated carbocycles. The average molecular weight is 379 g/mol. The van der Waals surface area contributed by atoms with Crippen LogP contribution in [0, 0.1) is 11.3 Å². The molecule has 146 valence electrons. The molecule has 0 unspecified atom stereocenters. The van der Waals surface area contributed by atoms with Gasteiger partial charge in [0, 0.05) is 5.92 Å². The second-order valence-corrected chi connectivity index (χ2v) is 8.31. The standard InChI is InChI=1S/C23H25NO4/c1-23(2,21(25)26)20(14-11-12-14)24-22(27)28-13-19-17-9-5-3-7-15(17)16-8-4-6-10-18(16)19/h3-10,14,19-20H,11-13H2,1-2H3,(H,24,27)(H,25,26)/t20-/m0/s1. The fraction of sp³-hybridized carbons (Fsp3) is 0.391. The summed E-state index contributed by atoms with van der Waals surface area (Å²) in [6, 6.07) is 15.9. The highest BCUT2D eigenvalue weighted by molar-refractivity contribution is 5.79. The zero-order chi connectivity index (χ0) is 19.9. The number of carbonyl (C=O) groups is 2. The number of carbonyl (C=O) groups excluding carboxylic acids is 1. The van der Waals surface area contributed by atoms with E-state index in [0.717, 1.165) is 24.0 Å². The lowest BCUT2D eigenvalue weighted by atomic mass is 9.82. The molecule has 5 heteroatoms. The summed E-state index contributed by atoms with van der Waals surface area (Å²) in [6.07, 6.45) is 1.32. The molecule has 1 fully saturated rings. The number of fused-ring (bicyclic) bond motifs is 3. The highest BCUT2D eigenvalue weighted by atomic mass is 16.5. The van der Waals surface area contributed by atoms with Crippen LogP contribution < -0.4 is 5.32 Å². The van der Waals surface area contributed by atoms with E-state index in [9.17, 15) is 14.7 Å². The minimum atomic E-state index is -1.03. The number of alkyl carbamates (subject to hydrolysis) is 1. The number of benzene rings is 2. The fourth-order valence-corrected chi connectivity index (χ4v) is 4.22. The Kier molecular flexibility index (Phi) is 4.61. The first-order chi connectivity index (χ1) is 13.4. The largest absolute Gasteiger partial charge is 0.481 e. The number of aliphatic carboxylic acids is 1. The topological polar surface area (TPSA) is 75.6 Å². The predicted octanol–water partition coefficient (Wildman–Crippen LogP) is 4.41. The Balaban J connectivity index is 1.47. The molecule has 0 saturated heterocycles. The van der Waals surface area contributed by atoms with Crippen LogP contribution in [0.5, 0.6) is 0 Å². The van der Waals surface area contributed by atoms with Gasteiger partial charge in [-0.25, -0.2) is 4.79 Å². The van der Waals surface area contributed by atoms with E-state index in [0.29, 0.717) is 0 Å². The fourth-order valence-electron chi connectivity index (χ4n) is 4.22. The van der Waals surface area contributed by atoms with Crippen molar-refractivity contribution >= 4 is 12.1 Å². The lowest BCUT2D eigenvalue weighted by Crippen LogP contribution is -2.50. The molecular formula is C23H25NO4. The third-order valence-corrected chi connectivity index (χ3v) is 6.04. The highest BCUT2D eigenvalue weighted by Crippen LogP contribution is 2.44. The summed E-state index contributed by atoms with van der Waals surface area (Å²) in [7, 11) is 0. The Morgan fingerprint density at radius 2 is 1.61 bits per heavy atom. The van der Waals surface area contributed by atoms with Crippen LogP contribution in [-0.4, -0.2) is 29.8 Å². The number of carboxylic acids is 1. The Hall–Kier alpha value is -2.82. The van der Waals surface area contributed by atoms with Gasteiger partial charge in [-0.3, -0.25) is 4.79 Å². The molecule has 2 aliphatic rings. The van der Waals surface area contributed by atoms with Crippen molar-refractivity contribution in [3.8, 4) is 11.1 Å². The van der Waals surface area contributed by atoms with Crippen LogP contribution in [0.15, 0.2) is 48.5 Å². The van der Waals surface area contributed by atoms with E-state index in [1.807, 2.05) is 24.3 Å². The molecule has 0 bridgehead atoms. The molecule has 1 atom stereocenters. The summed E-state index contributed by atoms with van der Waals surface area (Å²) in [4.78, 5) is 24.1. The lowest BCUT2D eigenvalue weighted by molar-refractivity contribution is -0.148. The Labute approximate surface area is 164 Å². The summed E-state index contributed by atoms with van der Waals surface area (Å²) in [5.74, 6) is -0.722.